The fourth-order valence-electron chi connectivity index (χ4n) is 1.18. The maximum absolute atomic E-state index is 11.2. The standard InChI is InChI=1S/C9H13NO2/c1-5-6(2)8(4)10(12)9(11)7(5)3/h11H,1-4H3. The first kappa shape index (κ1) is 8.84. The molecule has 0 aromatic carbocycles. The Balaban J connectivity index is 3.60. The van der Waals surface area contributed by atoms with Crippen LogP contribution in [0.25, 0.3) is 0 Å². The van der Waals surface area contributed by atoms with Crippen LogP contribution in [0.4, 0.5) is 0 Å². The largest absolute Gasteiger partial charge is 0.616 e. The molecule has 0 aliphatic carbocycles. The van der Waals surface area contributed by atoms with Gasteiger partial charge < -0.3 is 10.3 Å². The van der Waals surface area contributed by atoms with Gasteiger partial charge in [0.1, 0.15) is 0 Å². The molecular weight excluding hydrogens is 154 g/mol. The highest BCUT2D eigenvalue weighted by molar-refractivity contribution is 5.36. The minimum absolute atomic E-state index is 0.185. The second kappa shape index (κ2) is 2.66. The first-order valence-corrected chi connectivity index (χ1v) is 3.85. The molecule has 66 valence electrons. The molecule has 1 aromatic rings. The minimum atomic E-state index is -0.185. The predicted octanol–water partition coefficient (Wildman–Crippen LogP) is 1.26. The molecule has 0 atom stereocenters. The van der Waals surface area contributed by atoms with Gasteiger partial charge in [-0.15, -0.1) is 4.73 Å². The van der Waals surface area contributed by atoms with Gasteiger partial charge in [0.2, 0.25) is 0 Å². The number of rotatable bonds is 0. The van der Waals surface area contributed by atoms with Crippen molar-refractivity contribution in [2.75, 3.05) is 0 Å². The second-order valence-electron chi connectivity index (χ2n) is 3.08. The summed E-state index contributed by atoms with van der Waals surface area (Å²) in [7, 11) is 0. The van der Waals surface area contributed by atoms with Crippen LogP contribution < -0.4 is 4.73 Å². The molecule has 1 N–H and O–H groups in total. The summed E-state index contributed by atoms with van der Waals surface area (Å²) in [6, 6.07) is 0. The molecule has 3 nitrogen and oxygen atoms in total. The van der Waals surface area contributed by atoms with Gasteiger partial charge in [0.05, 0.1) is 5.56 Å². The summed E-state index contributed by atoms with van der Waals surface area (Å²) >= 11 is 0. The number of hydrogen-bond acceptors (Lipinski definition) is 2. The van der Waals surface area contributed by atoms with Crippen molar-refractivity contribution in [2.24, 2.45) is 0 Å². The topological polar surface area (TPSA) is 47.2 Å². The van der Waals surface area contributed by atoms with E-state index in [2.05, 4.69) is 0 Å². The van der Waals surface area contributed by atoms with E-state index in [4.69, 9.17) is 0 Å². The van der Waals surface area contributed by atoms with Crippen LogP contribution in [0.15, 0.2) is 0 Å². The van der Waals surface area contributed by atoms with Gasteiger partial charge in [0, 0.05) is 12.5 Å². The Morgan fingerprint density at radius 2 is 1.50 bits per heavy atom. The van der Waals surface area contributed by atoms with Crippen molar-refractivity contribution in [1.82, 2.24) is 0 Å². The van der Waals surface area contributed by atoms with Crippen molar-refractivity contribution >= 4 is 0 Å². The predicted molar refractivity (Wildman–Crippen MR) is 46.0 cm³/mol. The normalized spacial score (nSPS) is 10.3. The van der Waals surface area contributed by atoms with Gasteiger partial charge in [0.15, 0.2) is 5.69 Å². The highest BCUT2D eigenvalue weighted by atomic mass is 16.5. The van der Waals surface area contributed by atoms with Gasteiger partial charge >= 0.3 is 5.88 Å². The zero-order valence-electron chi connectivity index (χ0n) is 7.80. The molecule has 0 aliphatic rings. The molecular formula is C9H13NO2. The average molecular weight is 167 g/mol. The highest BCUT2D eigenvalue weighted by Crippen LogP contribution is 2.20. The number of aromatic hydroxyl groups is 1. The van der Waals surface area contributed by atoms with Crippen molar-refractivity contribution < 1.29 is 9.84 Å². The quantitative estimate of drug-likeness (QED) is 0.467. The SMILES string of the molecule is Cc1c(C)c(C)[n+]([O-])c(O)c1C. The lowest BCUT2D eigenvalue weighted by Crippen LogP contribution is -2.32. The fourth-order valence-corrected chi connectivity index (χ4v) is 1.18. The summed E-state index contributed by atoms with van der Waals surface area (Å²) in [6.45, 7) is 7.23. The summed E-state index contributed by atoms with van der Waals surface area (Å²) in [6.07, 6.45) is 0. The van der Waals surface area contributed by atoms with Crippen molar-refractivity contribution in [3.8, 4) is 5.88 Å². The molecule has 0 spiro atoms. The molecule has 0 amide bonds. The average Bonchev–Trinajstić information content (AvgIpc) is 2.08. The minimum Gasteiger partial charge on any atom is -0.616 e. The Kier molecular flexibility index (Phi) is 1.96. The summed E-state index contributed by atoms with van der Waals surface area (Å²) in [5, 5.41) is 20.6. The van der Waals surface area contributed by atoms with E-state index in [0.29, 0.717) is 16.0 Å². The van der Waals surface area contributed by atoms with Crippen LogP contribution in [0.2, 0.25) is 0 Å². The van der Waals surface area contributed by atoms with E-state index in [0.717, 1.165) is 11.1 Å². The van der Waals surface area contributed by atoms with Gasteiger partial charge in [-0.25, -0.2) is 0 Å². The van der Waals surface area contributed by atoms with Crippen molar-refractivity contribution in [3.05, 3.63) is 27.6 Å². The fraction of sp³-hybridized carbons (Fsp3) is 0.444. The maximum atomic E-state index is 11.2. The van der Waals surface area contributed by atoms with Gasteiger partial charge in [0.25, 0.3) is 0 Å². The van der Waals surface area contributed by atoms with E-state index in [-0.39, 0.29) is 5.88 Å². The van der Waals surface area contributed by atoms with Crippen LogP contribution in [0.5, 0.6) is 5.88 Å². The van der Waals surface area contributed by atoms with E-state index in [1.54, 1.807) is 13.8 Å². The molecule has 3 heteroatoms. The van der Waals surface area contributed by atoms with Crippen molar-refractivity contribution in [3.63, 3.8) is 0 Å². The number of nitrogens with zero attached hydrogens (tertiary/aromatic N) is 1. The first-order chi connectivity index (χ1) is 5.46. The van der Waals surface area contributed by atoms with E-state index in [9.17, 15) is 10.3 Å². The Labute approximate surface area is 71.9 Å². The Bertz CT molecular complexity index is 227. The summed E-state index contributed by atoms with van der Waals surface area (Å²) in [4.78, 5) is 0. The summed E-state index contributed by atoms with van der Waals surface area (Å²) in [5.41, 5.74) is 3.15. The second-order valence-corrected chi connectivity index (χ2v) is 3.08. The summed E-state index contributed by atoms with van der Waals surface area (Å²) < 4.78 is 0.567. The number of pyridine rings is 1. The van der Waals surface area contributed by atoms with Crippen LogP contribution in [-0.4, -0.2) is 5.11 Å². The molecule has 0 fully saturated rings. The molecule has 0 saturated carbocycles. The lowest BCUT2D eigenvalue weighted by atomic mass is 10.1. The zero-order chi connectivity index (χ0) is 9.46. The van der Waals surface area contributed by atoms with Crippen molar-refractivity contribution in [2.45, 2.75) is 27.7 Å². The van der Waals surface area contributed by atoms with Gasteiger partial charge in [-0.05, 0) is 26.3 Å². The molecule has 0 bridgehead atoms. The van der Waals surface area contributed by atoms with Gasteiger partial charge in [-0.3, -0.25) is 0 Å². The van der Waals surface area contributed by atoms with E-state index < -0.39 is 0 Å². The molecule has 1 heterocycles. The van der Waals surface area contributed by atoms with Crippen LogP contribution >= 0.6 is 0 Å². The number of hydrogen-bond donors (Lipinski definition) is 1. The lowest BCUT2D eigenvalue weighted by molar-refractivity contribution is -0.620. The van der Waals surface area contributed by atoms with Crippen LogP contribution in [0.1, 0.15) is 22.4 Å². The Hall–Kier alpha value is -1.25. The molecule has 0 aliphatic heterocycles. The smallest absolute Gasteiger partial charge is 0.380 e. The Morgan fingerprint density at radius 1 is 1.00 bits per heavy atom. The highest BCUT2D eigenvalue weighted by Gasteiger charge is 2.16. The third kappa shape index (κ3) is 1.02. The van der Waals surface area contributed by atoms with E-state index in [1.807, 2.05) is 13.8 Å². The Morgan fingerprint density at radius 3 is 2.00 bits per heavy atom. The molecule has 0 radical (unpaired) electrons. The third-order valence-electron chi connectivity index (χ3n) is 2.50. The summed E-state index contributed by atoms with van der Waals surface area (Å²) in [5.74, 6) is -0.185. The van der Waals surface area contributed by atoms with Crippen LogP contribution in [0.3, 0.4) is 0 Å². The third-order valence-corrected chi connectivity index (χ3v) is 2.50. The molecule has 0 saturated heterocycles. The van der Waals surface area contributed by atoms with Crippen molar-refractivity contribution in [1.29, 1.82) is 0 Å². The van der Waals surface area contributed by atoms with Gasteiger partial charge in [-0.1, -0.05) is 0 Å². The lowest BCUT2D eigenvalue weighted by Gasteiger charge is -2.10. The van der Waals surface area contributed by atoms with Crippen LogP contribution in [0, 0.1) is 32.9 Å². The zero-order valence-corrected chi connectivity index (χ0v) is 7.80. The van der Waals surface area contributed by atoms with Crippen LogP contribution in [-0.2, 0) is 0 Å². The molecule has 1 aromatic heterocycles. The molecule has 12 heavy (non-hydrogen) atoms. The number of aromatic nitrogens is 1. The monoisotopic (exact) mass is 167 g/mol. The van der Waals surface area contributed by atoms with E-state index in [1.165, 1.54) is 0 Å². The van der Waals surface area contributed by atoms with E-state index >= 15 is 0 Å². The molecule has 0 unspecified atom stereocenters. The first-order valence-electron chi connectivity index (χ1n) is 3.85. The maximum Gasteiger partial charge on any atom is 0.380 e. The van der Waals surface area contributed by atoms with Gasteiger partial charge in [-0.2, -0.15) is 0 Å². The molecule has 1 rings (SSSR count).